The lowest BCUT2D eigenvalue weighted by atomic mass is 10.0. The number of rotatable bonds is 12. The summed E-state index contributed by atoms with van der Waals surface area (Å²) in [5.41, 5.74) is -0.139. The van der Waals surface area contributed by atoms with Gasteiger partial charge in [0, 0.05) is 19.2 Å². The zero-order chi connectivity index (χ0) is 25.1. The minimum atomic E-state index is -0.692. The Morgan fingerprint density at radius 2 is 1.76 bits per heavy atom. The molecule has 1 aromatic carbocycles. The van der Waals surface area contributed by atoms with E-state index in [4.69, 9.17) is 23.7 Å². The first-order chi connectivity index (χ1) is 16.2. The number of para-hydroxylation sites is 1. The minimum absolute atomic E-state index is 0.0263. The summed E-state index contributed by atoms with van der Waals surface area (Å²) < 4.78 is 26.7. The van der Waals surface area contributed by atoms with Crippen LogP contribution in [0.4, 0.5) is 0 Å². The van der Waals surface area contributed by atoms with Gasteiger partial charge in [0.1, 0.15) is 24.5 Å². The van der Waals surface area contributed by atoms with E-state index >= 15 is 0 Å². The highest BCUT2D eigenvalue weighted by atomic mass is 16.7. The molecule has 1 heterocycles. The van der Waals surface area contributed by atoms with Crippen LogP contribution in [0.1, 0.15) is 38.2 Å². The summed E-state index contributed by atoms with van der Waals surface area (Å²) in [4.78, 5) is 40.0. The molecular formula is C24H30N2O8. The zero-order valence-electron chi connectivity index (χ0n) is 19.9. The van der Waals surface area contributed by atoms with E-state index in [-0.39, 0.29) is 29.2 Å². The van der Waals surface area contributed by atoms with Crippen molar-refractivity contribution in [1.82, 2.24) is 10.3 Å². The second-order valence-electron chi connectivity index (χ2n) is 7.61. The van der Waals surface area contributed by atoms with Crippen molar-refractivity contribution in [3.05, 3.63) is 48.3 Å². The lowest BCUT2D eigenvalue weighted by Gasteiger charge is -2.28. The molecule has 1 amide bonds. The summed E-state index contributed by atoms with van der Waals surface area (Å²) in [6.07, 6.45) is 0.395. The van der Waals surface area contributed by atoms with Crippen molar-refractivity contribution in [2.24, 2.45) is 5.92 Å². The molecule has 0 aliphatic heterocycles. The van der Waals surface area contributed by atoms with Crippen LogP contribution in [0.5, 0.6) is 17.2 Å². The van der Waals surface area contributed by atoms with E-state index in [0.717, 1.165) is 0 Å². The molecule has 2 atom stereocenters. The van der Waals surface area contributed by atoms with Gasteiger partial charge in [-0.1, -0.05) is 32.0 Å². The standard InChI is InChI=1S/C24H30N2O8/c1-15(2)22(34-18-9-7-6-8-10-18)16(3)33-20(28)13-26-24(29)21-23(32-14-31-17(4)27)19(30-5)11-12-25-21/h6-12,15-16,22H,13-14H2,1-5H3,(H,26,29)/t16-,22+/m0/s1. The third-order valence-corrected chi connectivity index (χ3v) is 4.61. The van der Waals surface area contributed by atoms with Crippen LogP contribution >= 0.6 is 0 Å². The summed E-state index contributed by atoms with van der Waals surface area (Å²) in [6, 6.07) is 10.7. The summed E-state index contributed by atoms with van der Waals surface area (Å²) in [5.74, 6) is -0.973. The maximum Gasteiger partial charge on any atom is 0.325 e. The summed E-state index contributed by atoms with van der Waals surface area (Å²) in [5, 5.41) is 2.45. The number of amides is 1. The van der Waals surface area contributed by atoms with Crippen molar-refractivity contribution in [3.63, 3.8) is 0 Å². The average molecular weight is 475 g/mol. The number of nitrogens with one attached hydrogen (secondary N) is 1. The van der Waals surface area contributed by atoms with Gasteiger partial charge in [0.25, 0.3) is 5.91 Å². The Hall–Kier alpha value is -3.82. The summed E-state index contributed by atoms with van der Waals surface area (Å²) in [7, 11) is 1.39. The van der Waals surface area contributed by atoms with Crippen LogP contribution in [0.2, 0.25) is 0 Å². The first kappa shape index (κ1) is 26.4. The van der Waals surface area contributed by atoms with E-state index in [1.54, 1.807) is 6.92 Å². The van der Waals surface area contributed by atoms with Gasteiger partial charge in [-0.05, 0) is 25.0 Å². The van der Waals surface area contributed by atoms with Crippen LogP contribution in [0.25, 0.3) is 0 Å². The molecule has 0 aliphatic carbocycles. The van der Waals surface area contributed by atoms with Gasteiger partial charge in [0.2, 0.25) is 6.79 Å². The second kappa shape index (κ2) is 13.0. The Bertz CT molecular complexity index is 965. The highest BCUT2D eigenvalue weighted by Crippen LogP contribution is 2.29. The van der Waals surface area contributed by atoms with Gasteiger partial charge < -0.3 is 29.0 Å². The topological polar surface area (TPSA) is 122 Å². The largest absolute Gasteiger partial charge is 0.493 e. The molecule has 1 aromatic heterocycles. The molecule has 0 radical (unpaired) electrons. The quantitative estimate of drug-likeness (QED) is 0.365. The number of aromatic nitrogens is 1. The first-order valence-corrected chi connectivity index (χ1v) is 10.7. The number of pyridine rings is 1. The third-order valence-electron chi connectivity index (χ3n) is 4.61. The minimum Gasteiger partial charge on any atom is -0.493 e. The molecular weight excluding hydrogens is 444 g/mol. The molecule has 34 heavy (non-hydrogen) atoms. The van der Waals surface area contributed by atoms with E-state index in [2.05, 4.69) is 10.3 Å². The summed E-state index contributed by atoms with van der Waals surface area (Å²) >= 11 is 0. The molecule has 0 fully saturated rings. The molecule has 1 N–H and O–H groups in total. The van der Waals surface area contributed by atoms with Gasteiger partial charge in [-0.25, -0.2) is 4.98 Å². The average Bonchev–Trinajstić information content (AvgIpc) is 2.81. The van der Waals surface area contributed by atoms with E-state index in [9.17, 15) is 14.4 Å². The maximum absolute atomic E-state index is 12.7. The number of hydrogen-bond donors (Lipinski definition) is 1. The van der Waals surface area contributed by atoms with E-state index in [1.807, 2.05) is 44.2 Å². The number of carbonyl (C=O) groups excluding carboxylic acids is 3. The van der Waals surface area contributed by atoms with Gasteiger partial charge >= 0.3 is 11.9 Å². The van der Waals surface area contributed by atoms with Crippen molar-refractivity contribution in [1.29, 1.82) is 0 Å². The molecule has 10 nitrogen and oxygen atoms in total. The van der Waals surface area contributed by atoms with Gasteiger partial charge in [-0.2, -0.15) is 0 Å². The van der Waals surface area contributed by atoms with E-state index in [0.29, 0.717) is 5.75 Å². The molecule has 0 saturated carbocycles. The van der Waals surface area contributed by atoms with Crippen molar-refractivity contribution in [2.75, 3.05) is 20.4 Å². The molecule has 0 aliphatic rings. The fraction of sp³-hybridized carbons (Fsp3) is 0.417. The Morgan fingerprint density at radius 3 is 2.38 bits per heavy atom. The number of hydrogen-bond acceptors (Lipinski definition) is 9. The fourth-order valence-electron chi connectivity index (χ4n) is 3.05. The SMILES string of the molecule is COc1ccnc(C(=O)NCC(=O)O[C@@H](C)[C@H](Oc2ccccc2)C(C)C)c1OCOC(C)=O. The molecule has 0 saturated heterocycles. The van der Waals surface area contributed by atoms with E-state index in [1.165, 1.54) is 26.3 Å². The molecule has 0 unspecified atom stereocenters. The van der Waals surface area contributed by atoms with E-state index < -0.39 is 37.3 Å². The van der Waals surface area contributed by atoms with Crippen LogP contribution < -0.4 is 19.5 Å². The van der Waals surface area contributed by atoms with Crippen LogP contribution in [0.15, 0.2) is 42.6 Å². The Kier molecular flexibility index (Phi) is 10.1. The number of nitrogens with zero attached hydrogens (tertiary/aromatic N) is 1. The molecule has 184 valence electrons. The number of benzene rings is 1. The fourth-order valence-corrected chi connectivity index (χ4v) is 3.05. The molecule has 0 bridgehead atoms. The van der Waals surface area contributed by atoms with Crippen LogP contribution in [-0.2, 0) is 19.1 Å². The monoisotopic (exact) mass is 474 g/mol. The van der Waals surface area contributed by atoms with Crippen LogP contribution in [0.3, 0.4) is 0 Å². The Morgan fingerprint density at radius 1 is 1.06 bits per heavy atom. The summed E-state index contributed by atoms with van der Waals surface area (Å²) in [6.45, 7) is 6.05. The van der Waals surface area contributed by atoms with Crippen LogP contribution in [0, 0.1) is 5.92 Å². The number of carbonyl (C=O) groups is 3. The zero-order valence-corrected chi connectivity index (χ0v) is 19.9. The van der Waals surface area contributed by atoms with Crippen molar-refractivity contribution < 1.29 is 38.1 Å². The third kappa shape index (κ3) is 7.95. The van der Waals surface area contributed by atoms with Crippen molar-refractivity contribution >= 4 is 17.8 Å². The first-order valence-electron chi connectivity index (χ1n) is 10.7. The molecule has 2 rings (SSSR count). The number of esters is 2. The van der Waals surface area contributed by atoms with Gasteiger partial charge in [-0.3, -0.25) is 14.4 Å². The molecule has 10 heteroatoms. The highest BCUT2D eigenvalue weighted by molar-refractivity contribution is 5.97. The normalized spacial score (nSPS) is 12.3. The predicted molar refractivity (Wildman–Crippen MR) is 122 cm³/mol. The Labute approximate surface area is 198 Å². The highest BCUT2D eigenvalue weighted by Gasteiger charge is 2.27. The number of methoxy groups -OCH3 is 1. The molecule has 2 aromatic rings. The van der Waals surface area contributed by atoms with Gasteiger partial charge in [-0.15, -0.1) is 0 Å². The Balaban J connectivity index is 1.98. The lowest BCUT2D eigenvalue weighted by Crippen LogP contribution is -2.40. The van der Waals surface area contributed by atoms with Gasteiger partial charge in [0.05, 0.1) is 7.11 Å². The lowest BCUT2D eigenvalue weighted by molar-refractivity contribution is -0.152. The van der Waals surface area contributed by atoms with Crippen LogP contribution in [-0.4, -0.2) is 55.5 Å². The number of ether oxygens (including phenoxy) is 5. The maximum atomic E-state index is 12.7. The van der Waals surface area contributed by atoms with Crippen molar-refractivity contribution in [2.45, 2.75) is 39.9 Å². The van der Waals surface area contributed by atoms with Gasteiger partial charge in [0.15, 0.2) is 17.2 Å². The molecule has 0 spiro atoms. The predicted octanol–water partition coefficient (Wildman–Crippen LogP) is 2.75. The smallest absolute Gasteiger partial charge is 0.325 e. The second-order valence-corrected chi connectivity index (χ2v) is 7.61. The van der Waals surface area contributed by atoms with Crippen molar-refractivity contribution in [3.8, 4) is 17.2 Å².